The highest BCUT2D eigenvalue weighted by Gasteiger charge is 2.01. The minimum absolute atomic E-state index is 0.180. The number of carbonyl (C=O) groups is 1. The molecule has 0 spiro atoms. The molecule has 0 bridgehead atoms. The van der Waals surface area contributed by atoms with Crippen LogP contribution in [0.4, 0.5) is 0 Å². The van der Waals surface area contributed by atoms with Crippen LogP contribution in [0.15, 0.2) is 24.2 Å². The van der Waals surface area contributed by atoms with Crippen LogP contribution >= 0.6 is 0 Å². The Labute approximate surface area is 57.8 Å². The summed E-state index contributed by atoms with van der Waals surface area (Å²) in [4.78, 5) is 19.1. The molecule has 0 aromatic rings. The van der Waals surface area contributed by atoms with Gasteiger partial charge in [-0.1, -0.05) is 0 Å². The smallest absolute Gasteiger partial charge is 0.221 e. The molecule has 2 N–H and O–H groups in total. The van der Waals surface area contributed by atoms with Crippen LogP contribution in [0.1, 0.15) is 6.42 Å². The zero-order chi connectivity index (χ0) is 7.40. The van der Waals surface area contributed by atoms with Crippen LogP contribution in [0, 0.1) is 0 Å². The summed E-state index contributed by atoms with van der Waals surface area (Å²) in [7, 11) is 0. The van der Waals surface area contributed by atoms with Crippen LogP contribution in [0.25, 0.3) is 0 Å². The summed E-state index contributed by atoms with van der Waals surface area (Å²) >= 11 is 0. The number of amides is 1. The molecule has 0 fully saturated rings. The van der Waals surface area contributed by atoms with Crippen LogP contribution in [-0.4, -0.2) is 5.91 Å². The predicted molar refractivity (Wildman–Crippen MR) is 33.2 cm³/mol. The van der Waals surface area contributed by atoms with E-state index in [4.69, 9.17) is 5.73 Å². The fourth-order valence-corrected chi connectivity index (χ4v) is 0.578. The van der Waals surface area contributed by atoms with Gasteiger partial charge in [0.2, 0.25) is 5.91 Å². The van der Waals surface area contributed by atoms with Crippen molar-refractivity contribution < 1.29 is 14.6 Å². The molecule has 0 saturated heterocycles. The molecular weight excluding hydrogens is 134 g/mol. The molecule has 1 aliphatic heterocycles. The SMILES string of the molecule is NC(=O)CC1=COOC=C1. The lowest BCUT2D eigenvalue weighted by molar-refractivity contribution is -0.199. The molecule has 1 heterocycles. The second kappa shape index (κ2) is 2.91. The molecule has 54 valence electrons. The number of hydrogen-bond donors (Lipinski definition) is 1. The number of nitrogens with two attached hydrogens (primary N) is 1. The van der Waals surface area contributed by atoms with Crippen molar-refractivity contribution in [1.82, 2.24) is 0 Å². The highest BCUT2D eigenvalue weighted by Crippen LogP contribution is 2.07. The number of hydrogen-bond acceptors (Lipinski definition) is 3. The van der Waals surface area contributed by atoms with Crippen LogP contribution in [0.3, 0.4) is 0 Å². The molecule has 0 unspecified atom stereocenters. The topological polar surface area (TPSA) is 61.6 Å². The van der Waals surface area contributed by atoms with Gasteiger partial charge in [-0.3, -0.25) is 14.6 Å². The Morgan fingerprint density at radius 1 is 1.60 bits per heavy atom. The van der Waals surface area contributed by atoms with Crippen molar-refractivity contribution in [2.45, 2.75) is 6.42 Å². The summed E-state index contributed by atoms with van der Waals surface area (Å²) in [6.07, 6.45) is 4.48. The van der Waals surface area contributed by atoms with Gasteiger partial charge in [-0.15, -0.1) is 0 Å². The van der Waals surface area contributed by atoms with E-state index in [-0.39, 0.29) is 12.3 Å². The number of allylic oxidation sites excluding steroid dienone is 1. The third-order valence-corrected chi connectivity index (χ3v) is 0.971. The molecule has 0 radical (unpaired) electrons. The van der Waals surface area contributed by atoms with Crippen molar-refractivity contribution in [1.29, 1.82) is 0 Å². The summed E-state index contributed by atoms with van der Waals surface area (Å²) in [5.41, 5.74) is 5.62. The van der Waals surface area contributed by atoms with E-state index in [1.807, 2.05) is 0 Å². The summed E-state index contributed by atoms with van der Waals surface area (Å²) < 4.78 is 0. The third-order valence-electron chi connectivity index (χ3n) is 0.971. The number of rotatable bonds is 2. The van der Waals surface area contributed by atoms with E-state index in [0.717, 1.165) is 0 Å². The molecule has 0 aromatic heterocycles. The predicted octanol–water partition coefficient (Wildman–Crippen LogP) is 0.221. The Balaban J connectivity index is 2.48. The molecule has 1 amide bonds. The first-order valence-corrected chi connectivity index (χ1v) is 2.75. The maximum atomic E-state index is 10.3. The summed E-state index contributed by atoms with van der Waals surface area (Å²) in [5, 5.41) is 0. The maximum absolute atomic E-state index is 10.3. The van der Waals surface area contributed by atoms with Gasteiger partial charge in [0.25, 0.3) is 0 Å². The first kappa shape index (κ1) is 6.67. The summed E-state index contributed by atoms with van der Waals surface area (Å²) in [6.45, 7) is 0. The highest BCUT2D eigenvalue weighted by atomic mass is 17.2. The average Bonchev–Trinajstić information content (AvgIpc) is 1.88. The van der Waals surface area contributed by atoms with Crippen LogP contribution < -0.4 is 5.73 Å². The van der Waals surface area contributed by atoms with Gasteiger partial charge in [0.15, 0.2) is 0 Å². The van der Waals surface area contributed by atoms with E-state index in [9.17, 15) is 4.79 Å². The second-order valence-electron chi connectivity index (χ2n) is 1.83. The number of carbonyl (C=O) groups excluding carboxylic acids is 1. The van der Waals surface area contributed by atoms with Crippen LogP contribution in [0.5, 0.6) is 0 Å². The van der Waals surface area contributed by atoms with Crippen molar-refractivity contribution >= 4 is 5.91 Å². The van der Waals surface area contributed by atoms with Gasteiger partial charge < -0.3 is 5.73 Å². The minimum Gasteiger partial charge on any atom is -0.369 e. The Morgan fingerprint density at radius 3 is 2.90 bits per heavy atom. The minimum atomic E-state index is -0.388. The monoisotopic (exact) mass is 141 g/mol. The molecule has 1 aliphatic rings. The van der Waals surface area contributed by atoms with E-state index in [1.165, 1.54) is 12.5 Å². The fourth-order valence-electron chi connectivity index (χ4n) is 0.578. The Bertz CT molecular complexity index is 195. The average molecular weight is 141 g/mol. The maximum Gasteiger partial charge on any atom is 0.221 e. The van der Waals surface area contributed by atoms with Crippen molar-refractivity contribution in [2.75, 3.05) is 0 Å². The molecule has 0 aliphatic carbocycles. The number of primary amides is 1. The zero-order valence-electron chi connectivity index (χ0n) is 5.24. The van der Waals surface area contributed by atoms with Crippen molar-refractivity contribution in [3.8, 4) is 0 Å². The molecule has 0 atom stereocenters. The first-order valence-electron chi connectivity index (χ1n) is 2.75. The molecule has 4 nitrogen and oxygen atoms in total. The Morgan fingerprint density at radius 2 is 2.40 bits per heavy atom. The second-order valence-corrected chi connectivity index (χ2v) is 1.83. The lowest BCUT2D eigenvalue weighted by atomic mass is 10.2. The van der Waals surface area contributed by atoms with Gasteiger partial charge in [0.1, 0.15) is 12.5 Å². The zero-order valence-corrected chi connectivity index (χ0v) is 5.24. The van der Waals surface area contributed by atoms with Crippen LogP contribution in [-0.2, 0) is 14.6 Å². The fraction of sp³-hybridized carbons (Fsp3) is 0.167. The molecule has 1 rings (SSSR count). The Hall–Kier alpha value is -1.45. The van der Waals surface area contributed by atoms with Gasteiger partial charge in [-0.2, -0.15) is 0 Å². The van der Waals surface area contributed by atoms with Crippen molar-refractivity contribution in [3.05, 3.63) is 24.2 Å². The first-order chi connectivity index (χ1) is 4.79. The third kappa shape index (κ3) is 1.81. The normalized spacial score (nSPS) is 15.0. The van der Waals surface area contributed by atoms with E-state index < -0.39 is 0 Å². The van der Waals surface area contributed by atoms with Gasteiger partial charge in [-0.25, -0.2) is 0 Å². The lowest BCUT2D eigenvalue weighted by Crippen LogP contribution is -2.11. The molecular formula is C6H7NO3. The summed E-state index contributed by atoms with van der Waals surface area (Å²) in [6, 6.07) is 0. The molecule has 4 heteroatoms. The van der Waals surface area contributed by atoms with Gasteiger partial charge >= 0.3 is 0 Å². The molecule has 0 aromatic carbocycles. The van der Waals surface area contributed by atoms with E-state index in [1.54, 1.807) is 6.08 Å². The molecule has 0 saturated carbocycles. The summed E-state index contributed by atoms with van der Waals surface area (Å²) in [5.74, 6) is -0.388. The van der Waals surface area contributed by atoms with Gasteiger partial charge in [-0.05, 0) is 6.08 Å². The van der Waals surface area contributed by atoms with Gasteiger partial charge in [0.05, 0.1) is 6.42 Å². The van der Waals surface area contributed by atoms with E-state index in [2.05, 4.69) is 9.78 Å². The highest BCUT2D eigenvalue weighted by molar-refractivity contribution is 5.77. The largest absolute Gasteiger partial charge is 0.369 e. The van der Waals surface area contributed by atoms with E-state index >= 15 is 0 Å². The van der Waals surface area contributed by atoms with Crippen molar-refractivity contribution in [2.24, 2.45) is 5.73 Å². The Kier molecular flexibility index (Phi) is 1.94. The molecule has 10 heavy (non-hydrogen) atoms. The van der Waals surface area contributed by atoms with Crippen molar-refractivity contribution in [3.63, 3.8) is 0 Å². The quantitative estimate of drug-likeness (QED) is 0.559. The van der Waals surface area contributed by atoms with Crippen LogP contribution in [0.2, 0.25) is 0 Å². The van der Waals surface area contributed by atoms with E-state index in [0.29, 0.717) is 5.57 Å². The standard InChI is InChI=1S/C6H7NO3/c7-6(8)3-5-1-2-9-10-4-5/h1-2,4H,3H2,(H2,7,8). The van der Waals surface area contributed by atoms with Gasteiger partial charge in [0, 0.05) is 5.57 Å². The lowest BCUT2D eigenvalue weighted by Gasteiger charge is -2.03.